The molecule has 1 amide bonds. The molecule has 4 heterocycles. The summed E-state index contributed by atoms with van der Waals surface area (Å²) in [6, 6.07) is 2.06. The predicted octanol–water partition coefficient (Wildman–Crippen LogP) is -0.190. The Morgan fingerprint density at radius 2 is 2.11 bits per heavy atom. The molecule has 0 spiro atoms. The summed E-state index contributed by atoms with van der Waals surface area (Å²) >= 11 is 0. The lowest BCUT2D eigenvalue weighted by Gasteiger charge is -2.26. The van der Waals surface area contributed by atoms with E-state index in [1.807, 2.05) is 0 Å². The Morgan fingerprint density at radius 1 is 1.30 bits per heavy atom. The molecule has 1 aliphatic heterocycles. The van der Waals surface area contributed by atoms with E-state index in [0.29, 0.717) is 29.5 Å². The number of amides is 1. The highest BCUT2D eigenvalue weighted by atomic mass is 16.5. The fraction of sp³-hybridized carbons (Fsp3) is 0.375. The molecule has 0 radical (unpaired) electrons. The maximum atomic E-state index is 11.4. The number of hydrogen-bond acceptors (Lipinski definition) is 9. The van der Waals surface area contributed by atoms with Crippen LogP contribution < -0.4 is 16.8 Å². The fourth-order valence-corrected chi connectivity index (χ4v) is 2.95. The summed E-state index contributed by atoms with van der Waals surface area (Å²) in [6.45, 7) is 4.94. The maximum Gasteiger partial charge on any atom is 0.315 e. The molecule has 3 aromatic heterocycles. The van der Waals surface area contributed by atoms with Gasteiger partial charge < -0.3 is 25.9 Å². The number of rotatable bonds is 6. The van der Waals surface area contributed by atoms with Gasteiger partial charge in [0.1, 0.15) is 0 Å². The van der Waals surface area contributed by atoms with E-state index in [1.54, 1.807) is 12.3 Å². The summed E-state index contributed by atoms with van der Waals surface area (Å²) in [5.41, 5.74) is 12.9. The number of aromatic nitrogens is 4. The van der Waals surface area contributed by atoms with Gasteiger partial charge in [-0.25, -0.2) is 4.52 Å². The molecule has 0 aromatic carbocycles. The summed E-state index contributed by atoms with van der Waals surface area (Å²) in [5, 5.41) is 15.3. The van der Waals surface area contributed by atoms with Gasteiger partial charge in [-0.3, -0.25) is 9.69 Å². The molecule has 11 heteroatoms. The first kappa shape index (κ1) is 17.2. The number of nitrogens with zero attached hydrogens (tertiary/aromatic N) is 5. The van der Waals surface area contributed by atoms with Crippen LogP contribution in [0.3, 0.4) is 0 Å². The SMILES string of the molecule is NC(=O)c1cnn2cc(-c3nnc(NCCN4CCOCC4)o3)cc2c1N. The summed E-state index contributed by atoms with van der Waals surface area (Å²) in [7, 11) is 0. The van der Waals surface area contributed by atoms with E-state index < -0.39 is 5.91 Å². The molecule has 0 unspecified atom stereocenters. The van der Waals surface area contributed by atoms with Crippen molar-refractivity contribution in [2.75, 3.05) is 50.4 Å². The molecule has 4 rings (SSSR count). The van der Waals surface area contributed by atoms with E-state index in [4.69, 9.17) is 20.6 Å². The number of hydrogen-bond donors (Lipinski definition) is 3. The number of carbonyl (C=O) groups excluding carboxylic acids is 1. The lowest BCUT2D eigenvalue weighted by molar-refractivity contribution is 0.0398. The van der Waals surface area contributed by atoms with Gasteiger partial charge in [-0.2, -0.15) is 5.10 Å². The van der Waals surface area contributed by atoms with Crippen molar-refractivity contribution in [3.05, 3.63) is 24.0 Å². The maximum absolute atomic E-state index is 11.4. The Hall–Kier alpha value is -3.18. The Kier molecular flexibility index (Phi) is 4.60. The molecular formula is C16H20N8O3. The monoisotopic (exact) mass is 372 g/mol. The third-order valence-electron chi connectivity index (χ3n) is 4.42. The minimum atomic E-state index is -0.630. The first-order chi connectivity index (χ1) is 13.1. The highest BCUT2D eigenvalue weighted by Crippen LogP contribution is 2.26. The van der Waals surface area contributed by atoms with Gasteiger partial charge in [-0.05, 0) is 6.07 Å². The van der Waals surface area contributed by atoms with E-state index in [1.165, 1.54) is 10.7 Å². The zero-order chi connectivity index (χ0) is 18.8. The lowest BCUT2D eigenvalue weighted by atomic mass is 10.2. The molecule has 0 aliphatic carbocycles. The summed E-state index contributed by atoms with van der Waals surface area (Å²) < 4.78 is 12.5. The number of nitrogens with two attached hydrogens (primary N) is 2. The molecule has 0 saturated carbocycles. The van der Waals surface area contributed by atoms with Crippen LogP contribution in [-0.4, -0.2) is 70.0 Å². The van der Waals surface area contributed by atoms with E-state index in [2.05, 4.69) is 25.5 Å². The summed E-state index contributed by atoms with van der Waals surface area (Å²) in [5.74, 6) is -0.302. The number of primary amides is 1. The van der Waals surface area contributed by atoms with Crippen molar-refractivity contribution in [1.82, 2.24) is 24.7 Å². The molecule has 11 nitrogen and oxygen atoms in total. The van der Waals surface area contributed by atoms with Crippen LogP contribution in [-0.2, 0) is 4.74 Å². The fourth-order valence-electron chi connectivity index (χ4n) is 2.95. The number of ether oxygens (including phenoxy) is 1. The molecular weight excluding hydrogens is 352 g/mol. The molecule has 3 aromatic rings. The lowest BCUT2D eigenvalue weighted by Crippen LogP contribution is -2.39. The zero-order valence-electron chi connectivity index (χ0n) is 14.6. The second-order valence-corrected chi connectivity index (χ2v) is 6.19. The van der Waals surface area contributed by atoms with Crippen molar-refractivity contribution in [1.29, 1.82) is 0 Å². The molecule has 5 N–H and O–H groups in total. The first-order valence-electron chi connectivity index (χ1n) is 8.56. The first-order valence-corrected chi connectivity index (χ1v) is 8.56. The predicted molar refractivity (Wildman–Crippen MR) is 97.2 cm³/mol. The average Bonchev–Trinajstić information content (AvgIpc) is 3.30. The van der Waals surface area contributed by atoms with Gasteiger partial charge in [0.05, 0.1) is 41.7 Å². The van der Waals surface area contributed by atoms with Crippen molar-refractivity contribution in [3.63, 3.8) is 0 Å². The standard InChI is InChI=1S/C16H20N8O3/c17-13-11(14(18)25)8-20-24-9-10(7-12(13)24)15-21-22-16(27-15)19-1-2-23-3-5-26-6-4-23/h7-9H,1-6,17H2,(H2,18,25)(H,19,22). The van der Waals surface area contributed by atoms with E-state index in [-0.39, 0.29) is 11.3 Å². The summed E-state index contributed by atoms with van der Waals surface area (Å²) in [4.78, 5) is 13.7. The minimum absolute atomic E-state index is 0.170. The topological polar surface area (TPSA) is 150 Å². The van der Waals surface area contributed by atoms with E-state index in [9.17, 15) is 4.79 Å². The van der Waals surface area contributed by atoms with Crippen LogP contribution in [0.4, 0.5) is 11.7 Å². The van der Waals surface area contributed by atoms with Crippen LogP contribution in [0.15, 0.2) is 22.9 Å². The number of anilines is 2. The number of carbonyl (C=O) groups is 1. The van der Waals surface area contributed by atoms with Crippen LogP contribution >= 0.6 is 0 Å². The highest BCUT2D eigenvalue weighted by Gasteiger charge is 2.16. The van der Waals surface area contributed by atoms with Crippen molar-refractivity contribution in [3.8, 4) is 11.5 Å². The molecule has 1 saturated heterocycles. The number of fused-ring (bicyclic) bond motifs is 1. The van der Waals surface area contributed by atoms with Crippen molar-refractivity contribution in [2.24, 2.45) is 5.73 Å². The quantitative estimate of drug-likeness (QED) is 0.535. The molecule has 0 atom stereocenters. The molecule has 27 heavy (non-hydrogen) atoms. The molecule has 0 bridgehead atoms. The van der Waals surface area contributed by atoms with Gasteiger partial charge in [0, 0.05) is 32.4 Å². The van der Waals surface area contributed by atoms with Gasteiger partial charge in [-0.1, -0.05) is 5.10 Å². The number of nitrogens with one attached hydrogen (secondary N) is 1. The van der Waals surface area contributed by atoms with Gasteiger partial charge in [-0.15, -0.1) is 5.10 Å². The number of morpholine rings is 1. The molecule has 142 valence electrons. The van der Waals surface area contributed by atoms with Crippen LogP contribution in [0.5, 0.6) is 0 Å². The second kappa shape index (κ2) is 7.21. The zero-order valence-corrected chi connectivity index (χ0v) is 14.6. The van der Waals surface area contributed by atoms with Crippen molar-refractivity contribution in [2.45, 2.75) is 0 Å². The Bertz CT molecular complexity index is 960. The van der Waals surface area contributed by atoms with E-state index >= 15 is 0 Å². The van der Waals surface area contributed by atoms with Crippen molar-refractivity contribution >= 4 is 23.1 Å². The smallest absolute Gasteiger partial charge is 0.315 e. The average molecular weight is 372 g/mol. The number of nitrogen functional groups attached to an aromatic ring is 1. The van der Waals surface area contributed by atoms with E-state index in [0.717, 1.165) is 32.8 Å². The van der Waals surface area contributed by atoms with Gasteiger partial charge in [0.15, 0.2) is 0 Å². The minimum Gasteiger partial charge on any atom is -0.403 e. The Morgan fingerprint density at radius 3 is 2.89 bits per heavy atom. The van der Waals surface area contributed by atoms with Crippen LogP contribution in [0.1, 0.15) is 10.4 Å². The van der Waals surface area contributed by atoms with Gasteiger partial charge >= 0.3 is 6.01 Å². The van der Waals surface area contributed by atoms with Crippen LogP contribution in [0.2, 0.25) is 0 Å². The normalized spacial score (nSPS) is 15.3. The summed E-state index contributed by atoms with van der Waals surface area (Å²) in [6.07, 6.45) is 3.03. The van der Waals surface area contributed by atoms with Crippen LogP contribution in [0, 0.1) is 0 Å². The van der Waals surface area contributed by atoms with Gasteiger partial charge in [0.2, 0.25) is 0 Å². The second-order valence-electron chi connectivity index (χ2n) is 6.19. The van der Waals surface area contributed by atoms with Crippen LogP contribution in [0.25, 0.3) is 17.0 Å². The largest absolute Gasteiger partial charge is 0.403 e. The molecule has 1 fully saturated rings. The van der Waals surface area contributed by atoms with Gasteiger partial charge in [0.25, 0.3) is 11.8 Å². The van der Waals surface area contributed by atoms with Crippen molar-refractivity contribution < 1.29 is 13.9 Å². The highest BCUT2D eigenvalue weighted by molar-refractivity contribution is 6.01. The molecule has 1 aliphatic rings. The third kappa shape index (κ3) is 3.55. The Balaban J connectivity index is 1.46. The Labute approximate surface area is 154 Å². The third-order valence-corrected chi connectivity index (χ3v) is 4.42.